The second kappa shape index (κ2) is 5.21. The van der Waals surface area contributed by atoms with Crippen molar-refractivity contribution in [1.29, 1.82) is 0 Å². The van der Waals surface area contributed by atoms with Crippen LogP contribution in [0.15, 0.2) is 12.1 Å². The van der Waals surface area contributed by atoms with Crippen molar-refractivity contribution >= 4 is 11.7 Å². The Balaban J connectivity index is 2.39. The monoisotopic (exact) mass is 262 g/mol. The van der Waals surface area contributed by atoms with E-state index < -0.39 is 6.23 Å². The lowest BCUT2D eigenvalue weighted by atomic mass is 9.94. The van der Waals surface area contributed by atoms with Gasteiger partial charge in [0.25, 0.3) is 0 Å². The molecule has 104 valence electrons. The number of urea groups is 1. The summed E-state index contributed by atoms with van der Waals surface area (Å²) in [4.78, 5) is 13.7. The highest BCUT2D eigenvalue weighted by Gasteiger charge is 2.26. The molecule has 1 aliphatic rings. The molecule has 1 heterocycles. The van der Waals surface area contributed by atoms with E-state index in [1.54, 1.807) is 4.90 Å². The summed E-state index contributed by atoms with van der Waals surface area (Å²) >= 11 is 0. The minimum absolute atomic E-state index is 0.222. The minimum Gasteiger partial charge on any atom is -0.374 e. The predicted molar refractivity (Wildman–Crippen MR) is 76.5 cm³/mol. The van der Waals surface area contributed by atoms with Gasteiger partial charge in [-0.1, -0.05) is 19.9 Å². The second-order valence-electron chi connectivity index (χ2n) is 5.56. The van der Waals surface area contributed by atoms with E-state index in [0.29, 0.717) is 18.9 Å². The molecule has 0 saturated carbocycles. The van der Waals surface area contributed by atoms with Crippen LogP contribution in [0.2, 0.25) is 0 Å². The van der Waals surface area contributed by atoms with Gasteiger partial charge in [-0.2, -0.15) is 0 Å². The summed E-state index contributed by atoms with van der Waals surface area (Å²) in [5.41, 5.74) is 4.56. The van der Waals surface area contributed by atoms with Crippen LogP contribution in [0.3, 0.4) is 0 Å². The van der Waals surface area contributed by atoms with Crippen molar-refractivity contribution in [3.63, 3.8) is 0 Å². The third-order valence-corrected chi connectivity index (χ3v) is 3.66. The van der Waals surface area contributed by atoms with E-state index in [9.17, 15) is 9.90 Å². The molecular formula is C15H22N2O2. The van der Waals surface area contributed by atoms with E-state index in [1.165, 1.54) is 11.1 Å². The zero-order valence-corrected chi connectivity index (χ0v) is 12.0. The molecule has 0 spiro atoms. The van der Waals surface area contributed by atoms with E-state index in [1.807, 2.05) is 6.92 Å². The van der Waals surface area contributed by atoms with Gasteiger partial charge in [-0.15, -0.1) is 0 Å². The lowest BCUT2D eigenvalue weighted by molar-refractivity contribution is 0.125. The molecule has 0 radical (unpaired) electrons. The number of nitrogens with zero attached hydrogens (tertiary/aromatic N) is 1. The summed E-state index contributed by atoms with van der Waals surface area (Å²) in [7, 11) is 0. The van der Waals surface area contributed by atoms with Gasteiger partial charge >= 0.3 is 6.03 Å². The van der Waals surface area contributed by atoms with Gasteiger partial charge in [0.2, 0.25) is 0 Å². The van der Waals surface area contributed by atoms with Crippen molar-refractivity contribution in [3.8, 4) is 0 Å². The quantitative estimate of drug-likeness (QED) is 0.861. The fourth-order valence-electron chi connectivity index (χ4n) is 2.65. The Bertz CT molecular complexity index is 497. The van der Waals surface area contributed by atoms with E-state index in [2.05, 4.69) is 38.2 Å². The summed E-state index contributed by atoms with van der Waals surface area (Å²) in [6.45, 7) is 8.98. The van der Waals surface area contributed by atoms with Gasteiger partial charge in [-0.3, -0.25) is 4.90 Å². The summed E-state index contributed by atoms with van der Waals surface area (Å²) < 4.78 is 0. The second-order valence-corrected chi connectivity index (χ2v) is 5.56. The van der Waals surface area contributed by atoms with Crippen LogP contribution in [0.25, 0.3) is 0 Å². The SMILES string of the molecule is Cc1cc(C)c(N2CCC(O)NC2=O)cc1C(C)C. The molecule has 1 fully saturated rings. The van der Waals surface area contributed by atoms with Gasteiger partial charge in [0.15, 0.2) is 0 Å². The topological polar surface area (TPSA) is 52.6 Å². The molecule has 2 N–H and O–H groups in total. The first-order valence-electron chi connectivity index (χ1n) is 6.77. The Hall–Kier alpha value is -1.55. The maximum atomic E-state index is 12.0. The Labute approximate surface area is 114 Å². The molecule has 19 heavy (non-hydrogen) atoms. The fourth-order valence-corrected chi connectivity index (χ4v) is 2.65. The number of anilines is 1. The molecule has 1 atom stereocenters. The van der Waals surface area contributed by atoms with Crippen LogP contribution >= 0.6 is 0 Å². The van der Waals surface area contributed by atoms with Crippen LogP contribution < -0.4 is 10.2 Å². The van der Waals surface area contributed by atoms with Gasteiger partial charge in [-0.05, 0) is 42.5 Å². The molecule has 4 heteroatoms. The van der Waals surface area contributed by atoms with Crippen molar-refractivity contribution in [2.24, 2.45) is 0 Å². The highest BCUT2D eigenvalue weighted by molar-refractivity contribution is 5.93. The number of carbonyl (C=O) groups excluding carboxylic acids is 1. The van der Waals surface area contributed by atoms with Crippen molar-refractivity contribution < 1.29 is 9.90 Å². The summed E-state index contributed by atoms with van der Waals surface area (Å²) in [6.07, 6.45) is -0.171. The van der Waals surface area contributed by atoms with E-state index in [-0.39, 0.29) is 6.03 Å². The van der Waals surface area contributed by atoms with Crippen molar-refractivity contribution in [1.82, 2.24) is 5.32 Å². The van der Waals surface area contributed by atoms with Gasteiger partial charge in [0.1, 0.15) is 6.23 Å². The number of hydrogen-bond acceptors (Lipinski definition) is 2. The van der Waals surface area contributed by atoms with Gasteiger partial charge in [-0.25, -0.2) is 4.79 Å². The van der Waals surface area contributed by atoms with Crippen LogP contribution in [0.1, 0.15) is 42.9 Å². The van der Waals surface area contributed by atoms with E-state index in [0.717, 1.165) is 11.3 Å². The summed E-state index contributed by atoms with van der Waals surface area (Å²) in [6, 6.07) is 4.01. The van der Waals surface area contributed by atoms with Gasteiger partial charge in [0, 0.05) is 18.7 Å². The molecule has 1 aliphatic heterocycles. The number of nitrogens with one attached hydrogen (secondary N) is 1. The predicted octanol–water partition coefficient (Wildman–Crippen LogP) is 2.66. The number of aryl methyl sites for hydroxylation is 2. The molecule has 2 amide bonds. The van der Waals surface area contributed by atoms with Crippen molar-refractivity contribution in [2.75, 3.05) is 11.4 Å². The molecular weight excluding hydrogens is 240 g/mol. The molecule has 1 saturated heterocycles. The molecule has 1 unspecified atom stereocenters. The molecule has 1 aromatic rings. The Morgan fingerprint density at radius 3 is 2.58 bits per heavy atom. The van der Waals surface area contributed by atoms with Crippen LogP contribution in [-0.4, -0.2) is 23.9 Å². The maximum Gasteiger partial charge on any atom is 0.323 e. The Kier molecular flexibility index (Phi) is 3.80. The van der Waals surface area contributed by atoms with Crippen LogP contribution in [0.4, 0.5) is 10.5 Å². The normalized spacial score (nSPS) is 19.8. The number of rotatable bonds is 2. The average molecular weight is 262 g/mol. The Morgan fingerprint density at radius 1 is 1.32 bits per heavy atom. The molecule has 0 aromatic heterocycles. The third-order valence-electron chi connectivity index (χ3n) is 3.66. The Morgan fingerprint density at radius 2 is 2.00 bits per heavy atom. The van der Waals surface area contributed by atoms with Crippen molar-refractivity contribution in [3.05, 3.63) is 28.8 Å². The highest BCUT2D eigenvalue weighted by Crippen LogP contribution is 2.29. The zero-order valence-electron chi connectivity index (χ0n) is 12.0. The zero-order chi connectivity index (χ0) is 14.2. The standard InChI is InChI=1S/C15H22N2O2/c1-9(2)12-8-13(11(4)7-10(12)3)17-6-5-14(18)16-15(17)19/h7-9,14,18H,5-6H2,1-4H3,(H,16,19). The number of aliphatic hydroxyl groups is 1. The lowest BCUT2D eigenvalue weighted by Gasteiger charge is -2.32. The summed E-state index contributed by atoms with van der Waals surface area (Å²) in [5.74, 6) is 0.429. The first-order chi connectivity index (χ1) is 8.90. The molecule has 0 aliphatic carbocycles. The number of amides is 2. The largest absolute Gasteiger partial charge is 0.374 e. The smallest absolute Gasteiger partial charge is 0.323 e. The first kappa shape index (κ1) is 13.9. The molecule has 4 nitrogen and oxygen atoms in total. The number of carbonyl (C=O) groups is 1. The van der Waals surface area contributed by atoms with Crippen LogP contribution in [0, 0.1) is 13.8 Å². The third kappa shape index (κ3) is 2.73. The van der Waals surface area contributed by atoms with Gasteiger partial charge in [0.05, 0.1) is 0 Å². The molecule has 1 aromatic carbocycles. The van der Waals surface area contributed by atoms with Gasteiger partial charge < -0.3 is 10.4 Å². The number of aliphatic hydroxyl groups excluding tert-OH is 1. The average Bonchev–Trinajstić information content (AvgIpc) is 2.30. The minimum atomic E-state index is -0.723. The van der Waals surface area contributed by atoms with E-state index >= 15 is 0 Å². The van der Waals surface area contributed by atoms with E-state index in [4.69, 9.17) is 0 Å². The number of hydrogen-bond donors (Lipinski definition) is 2. The maximum absolute atomic E-state index is 12.0. The number of benzene rings is 1. The van der Waals surface area contributed by atoms with Crippen molar-refractivity contribution in [2.45, 2.75) is 46.3 Å². The highest BCUT2D eigenvalue weighted by atomic mass is 16.3. The molecule has 2 rings (SSSR count). The van der Waals surface area contributed by atoms with Crippen LogP contribution in [0.5, 0.6) is 0 Å². The van der Waals surface area contributed by atoms with Crippen LogP contribution in [-0.2, 0) is 0 Å². The molecule has 0 bridgehead atoms. The summed E-state index contributed by atoms with van der Waals surface area (Å²) in [5, 5.41) is 12.0. The first-order valence-corrected chi connectivity index (χ1v) is 6.77. The fraction of sp³-hybridized carbons (Fsp3) is 0.533. The lowest BCUT2D eigenvalue weighted by Crippen LogP contribution is -2.52.